The molecule has 146 valence electrons. The number of nitrogens with one attached hydrogen (secondary N) is 2. The summed E-state index contributed by atoms with van der Waals surface area (Å²) < 4.78 is 38.2. The molecule has 0 aliphatic rings. The largest absolute Gasteiger partial charge is 0.497 e. The first-order chi connectivity index (χ1) is 13.4. The van der Waals surface area contributed by atoms with Crippen molar-refractivity contribution in [2.75, 3.05) is 24.3 Å². The molecule has 0 aliphatic carbocycles. The van der Waals surface area contributed by atoms with Crippen LogP contribution in [0.5, 0.6) is 11.5 Å². The number of nitrogens with zero attached hydrogens (tertiary/aromatic N) is 1. The Morgan fingerprint density at radius 1 is 0.964 bits per heavy atom. The van der Waals surface area contributed by atoms with E-state index in [-0.39, 0.29) is 10.7 Å². The third-order valence-corrected chi connectivity index (χ3v) is 5.57. The predicted molar refractivity (Wildman–Crippen MR) is 109 cm³/mol. The summed E-state index contributed by atoms with van der Waals surface area (Å²) in [6.45, 7) is 1.71. The van der Waals surface area contributed by atoms with Gasteiger partial charge in [-0.15, -0.1) is 0 Å². The standard InChI is InChI=1S/C20H21N3O4S/c1-14-12-16(26-2)9-10-19(14)28(24,25)23-20-11-8-15(13-21-20)22-17-6-4-5-7-18(17)27-3/h4-13,22H,1-3H3,(H,21,23). The monoisotopic (exact) mass is 399 g/mol. The smallest absolute Gasteiger partial charge is 0.263 e. The van der Waals surface area contributed by atoms with Gasteiger partial charge in [0.05, 0.1) is 36.7 Å². The van der Waals surface area contributed by atoms with Gasteiger partial charge in [0.25, 0.3) is 10.0 Å². The molecule has 0 fully saturated rings. The zero-order valence-corrected chi connectivity index (χ0v) is 16.6. The maximum Gasteiger partial charge on any atom is 0.263 e. The number of rotatable bonds is 7. The highest BCUT2D eigenvalue weighted by Gasteiger charge is 2.18. The molecule has 3 rings (SSSR count). The minimum atomic E-state index is -3.76. The second kappa shape index (κ2) is 8.18. The zero-order valence-electron chi connectivity index (χ0n) is 15.8. The Bertz CT molecular complexity index is 1070. The Hall–Kier alpha value is -3.26. The molecule has 3 aromatic rings. The van der Waals surface area contributed by atoms with Crippen molar-refractivity contribution in [2.45, 2.75) is 11.8 Å². The number of pyridine rings is 1. The highest BCUT2D eigenvalue weighted by Crippen LogP contribution is 2.27. The van der Waals surface area contributed by atoms with Gasteiger partial charge < -0.3 is 14.8 Å². The molecule has 0 saturated heterocycles. The van der Waals surface area contributed by atoms with Gasteiger partial charge in [0, 0.05) is 0 Å². The van der Waals surface area contributed by atoms with E-state index in [4.69, 9.17) is 9.47 Å². The van der Waals surface area contributed by atoms with Gasteiger partial charge in [-0.05, 0) is 55.0 Å². The van der Waals surface area contributed by atoms with E-state index in [0.717, 1.165) is 5.69 Å². The normalized spacial score (nSPS) is 11.0. The number of aromatic nitrogens is 1. The fourth-order valence-corrected chi connectivity index (χ4v) is 3.91. The highest BCUT2D eigenvalue weighted by atomic mass is 32.2. The number of hydrogen-bond donors (Lipinski definition) is 2. The van der Waals surface area contributed by atoms with Crippen LogP contribution in [-0.4, -0.2) is 27.6 Å². The van der Waals surface area contributed by atoms with Crippen LogP contribution >= 0.6 is 0 Å². The lowest BCUT2D eigenvalue weighted by molar-refractivity contribution is 0.414. The Morgan fingerprint density at radius 3 is 2.39 bits per heavy atom. The molecule has 0 bridgehead atoms. The molecule has 0 spiro atoms. The van der Waals surface area contributed by atoms with Gasteiger partial charge in [-0.1, -0.05) is 12.1 Å². The maximum absolute atomic E-state index is 12.7. The molecule has 2 N–H and O–H groups in total. The number of ether oxygens (including phenoxy) is 2. The Kier molecular flexibility index (Phi) is 5.70. The molecule has 1 aromatic heterocycles. The minimum Gasteiger partial charge on any atom is -0.497 e. The van der Waals surface area contributed by atoms with E-state index in [9.17, 15) is 8.42 Å². The van der Waals surface area contributed by atoms with Gasteiger partial charge in [0.1, 0.15) is 17.3 Å². The van der Waals surface area contributed by atoms with Gasteiger partial charge in [-0.3, -0.25) is 4.72 Å². The number of methoxy groups -OCH3 is 2. The van der Waals surface area contributed by atoms with Crippen LogP contribution in [0.1, 0.15) is 5.56 Å². The van der Waals surface area contributed by atoms with E-state index in [2.05, 4.69) is 15.0 Å². The lowest BCUT2D eigenvalue weighted by atomic mass is 10.2. The second-order valence-corrected chi connectivity index (χ2v) is 7.65. The summed E-state index contributed by atoms with van der Waals surface area (Å²) in [5.74, 6) is 1.52. The first-order valence-electron chi connectivity index (χ1n) is 8.46. The lowest BCUT2D eigenvalue weighted by Gasteiger charge is -2.12. The van der Waals surface area contributed by atoms with E-state index in [1.54, 1.807) is 44.5 Å². The van der Waals surface area contributed by atoms with Crippen molar-refractivity contribution in [3.8, 4) is 11.5 Å². The van der Waals surface area contributed by atoms with E-state index in [0.29, 0.717) is 22.7 Å². The number of sulfonamides is 1. The SMILES string of the molecule is COc1ccc(S(=O)(=O)Nc2ccc(Nc3ccccc3OC)cn2)c(C)c1. The summed E-state index contributed by atoms with van der Waals surface area (Å²) in [5.41, 5.74) is 2.07. The molecule has 0 atom stereocenters. The van der Waals surface area contributed by atoms with Gasteiger partial charge in [-0.2, -0.15) is 0 Å². The third-order valence-electron chi connectivity index (χ3n) is 4.06. The molecule has 8 heteroatoms. The van der Waals surface area contributed by atoms with Gasteiger partial charge in [-0.25, -0.2) is 13.4 Å². The van der Waals surface area contributed by atoms with Crippen molar-refractivity contribution >= 4 is 27.2 Å². The molecular weight excluding hydrogens is 378 g/mol. The van der Waals surface area contributed by atoms with Crippen LogP contribution in [0.4, 0.5) is 17.2 Å². The van der Waals surface area contributed by atoms with E-state index in [1.165, 1.54) is 13.2 Å². The summed E-state index contributed by atoms with van der Waals surface area (Å²) in [4.78, 5) is 4.36. The molecule has 2 aromatic carbocycles. The molecule has 0 amide bonds. The molecule has 1 heterocycles. The zero-order chi connectivity index (χ0) is 20.1. The summed E-state index contributed by atoms with van der Waals surface area (Å²) in [7, 11) is -0.631. The first kappa shape index (κ1) is 19.5. The van der Waals surface area contributed by atoms with Crippen LogP contribution in [0.15, 0.2) is 65.7 Å². The molecule has 0 saturated carbocycles. The maximum atomic E-state index is 12.7. The van der Waals surface area contributed by atoms with Crippen molar-refractivity contribution in [2.24, 2.45) is 0 Å². The predicted octanol–water partition coefficient (Wildman–Crippen LogP) is 3.95. The lowest BCUT2D eigenvalue weighted by Crippen LogP contribution is -2.15. The van der Waals surface area contributed by atoms with Gasteiger partial charge in [0.15, 0.2) is 0 Å². The van der Waals surface area contributed by atoms with Crippen molar-refractivity contribution in [1.82, 2.24) is 4.98 Å². The average molecular weight is 399 g/mol. The number of hydrogen-bond acceptors (Lipinski definition) is 6. The molecule has 0 unspecified atom stereocenters. The quantitative estimate of drug-likeness (QED) is 0.625. The van der Waals surface area contributed by atoms with Crippen molar-refractivity contribution in [1.29, 1.82) is 0 Å². The number of para-hydroxylation sites is 2. The Morgan fingerprint density at radius 2 is 1.75 bits per heavy atom. The van der Waals surface area contributed by atoms with Crippen LogP contribution in [0.3, 0.4) is 0 Å². The number of anilines is 3. The number of aryl methyl sites for hydroxylation is 1. The molecule has 28 heavy (non-hydrogen) atoms. The molecule has 0 aliphatic heterocycles. The fraction of sp³-hybridized carbons (Fsp3) is 0.150. The van der Waals surface area contributed by atoms with Crippen molar-refractivity contribution in [3.05, 3.63) is 66.4 Å². The van der Waals surface area contributed by atoms with Crippen LogP contribution in [-0.2, 0) is 10.0 Å². The van der Waals surface area contributed by atoms with Crippen LogP contribution < -0.4 is 19.5 Å². The third kappa shape index (κ3) is 4.34. The first-order valence-corrected chi connectivity index (χ1v) is 9.95. The average Bonchev–Trinajstić information content (AvgIpc) is 2.69. The van der Waals surface area contributed by atoms with Crippen molar-refractivity contribution < 1.29 is 17.9 Å². The Balaban J connectivity index is 1.76. The minimum absolute atomic E-state index is 0.173. The van der Waals surface area contributed by atoms with Gasteiger partial charge in [0.2, 0.25) is 0 Å². The topological polar surface area (TPSA) is 89.6 Å². The highest BCUT2D eigenvalue weighted by molar-refractivity contribution is 7.92. The van der Waals surface area contributed by atoms with E-state index >= 15 is 0 Å². The van der Waals surface area contributed by atoms with E-state index in [1.807, 2.05) is 24.3 Å². The molecule has 0 radical (unpaired) electrons. The summed E-state index contributed by atoms with van der Waals surface area (Å²) in [6, 6.07) is 15.6. The van der Waals surface area contributed by atoms with Crippen LogP contribution in [0, 0.1) is 6.92 Å². The summed E-state index contributed by atoms with van der Waals surface area (Å²) >= 11 is 0. The van der Waals surface area contributed by atoms with Crippen molar-refractivity contribution in [3.63, 3.8) is 0 Å². The van der Waals surface area contributed by atoms with Crippen LogP contribution in [0.25, 0.3) is 0 Å². The Labute approximate surface area is 164 Å². The van der Waals surface area contributed by atoms with E-state index < -0.39 is 10.0 Å². The number of benzene rings is 2. The summed E-state index contributed by atoms with van der Waals surface area (Å²) in [5, 5.41) is 3.19. The van der Waals surface area contributed by atoms with Gasteiger partial charge >= 0.3 is 0 Å². The van der Waals surface area contributed by atoms with Crippen LogP contribution in [0.2, 0.25) is 0 Å². The molecular formula is C20H21N3O4S. The summed E-state index contributed by atoms with van der Waals surface area (Å²) in [6.07, 6.45) is 1.55. The second-order valence-electron chi connectivity index (χ2n) is 5.99. The molecule has 7 nitrogen and oxygen atoms in total. The fourth-order valence-electron chi connectivity index (χ4n) is 2.67.